The molecule has 31 heteroatoms. The van der Waals surface area contributed by atoms with Crippen LogP contribution < -0.4 is 14.6 Å². The predicted octanol–water partition coefficient (Wildman–Crippen LogP) is 13.3. The summed E-state index contributed by atoms with van der Waals surface area (Å²) in [6.45, 7) is 11.5. The lowest BCUT2D eigenvalue weighted by Gasteiger charge is -2.30. The number of ether oxygens (including phenoxy) is 3. The Labute approximate surface area is 762 Å². The van der Waals surface area contributed by atoms with E-state index in [9.17, 15) is 59.1 Å². The second-order valence-electron chi connectivity index (χ2n) is 37.3. The maximum Gasteiger partial charge on any atom is 0.335 e. The monoisotopic (exact) mass is 1830 g/mol. The van der Waals surface area contributed by atoms with Gasteiger partial charge in [-0.2, -0.15) is 38.2 Å². The van der Waals surface area contributed by atoms with Gasteiger partial charge in [-0.15, -0.1) is 0 Å². The average Bonchev–Trinajstić information content (AvgIpc) is 1.58. The number of carbonyl (C=O) groups excluding carboxylic acids is 5. The number of aromatic carboxylic acids is 1. The molecule has 3 saturated carbocycles. The molecular formula is C99H122N12O16S3. The molecule has 9 aromatic rings. The fourth-order valence-electron chi connectivity index (χ4n) is 22.7. The predicted molar refractivity (Wildman–Crippen MR) is 499 cm³/mol. The van der Waals surface area contributed by atoms with Gasteiger partial charge in [0, 0.05) is 159 Å². The number of aromatic nitrogens is 3. The lowest BCUT2D eigenvalue weighted by molar-refractivity contribution is -0.140. The molecule has 28 nitrogen and oxygen atoms in total. The Morgan fingerprint density at radius 1 is 0.338 bits per heavy atom. The van der Waals surface area contributed by atoms with Crippen molar-refractivity contribution in [1.82, 2.24) is 50.8 Å². The third kappa shape index (κ3) is 19.2. The first-order valence-electron chi connectivity index (χ1n) is 47.5. The van der Waals surface area contributed by atoms with Gasteiger partial charge in [-0.3, -0.25) is 24.0 Å². The highest BCUT2D eigenvalue weighted by molar-refractivity contribution is 7.88. The number of amides is 5. The Morgan fingerprint density at radius 3 is 0.900 bits per heavy atom. The molecule has 130 heavy (non-hydrogen) atoms. The molecule has 6 saturated heterocycles. The highest BCUT2D eigenvalue weighted by Crippen LogP contribution is 2.52. The Morgan fingerprint density at radius 2 is 0.615 bits per heavy atom. The zero-order chi connectivity index (χ0) is 90.0. The number of nitrogens with two attached hydrogens (primary N) is 1. The van der Waals surface area contributed by atoms with E-state index >= 15 is 0 Å². The van der Waals surface area contributed by atoms with Gasteiger partial charge in [-0.25, -0.2) is 19.4 Å². The van der Waals surface area contributed by atoms with E-state index < -0.39 is 48.4 Å². The maximum absolute atomic E-state index is 13.9. The van der Waals surface area contributed by atoms with Gasteiger partial charge in [0.1, 0.15) is 0 Å². The molecule has 5 N–H and O–H groups in total. The van der Waals surface area contributed by atoms with Crippen LogP contribution in [0.2, 0.25) is 0 Å². The third-order valence-corrected chi connectivity index (χ3v) is 33.3. The standard InChI is InChI=1S/2C33H40N4O5S.C29H32N2O4.C4H10N2O2S/c2*38-32(34-43(40,41)36-14-6-7-15-36)25-12-13-28-29(21-25)37-22-26(33(39)35-16-18-42-19-17-35)20-24-10-4-5-11-27(24)31(37)30(28)23-8-2-1-3-9-23;32-28(30-12-14-35-15-13-30)22-16-20-8-4-5-9-23(20)27-26(19-6-2-1-3-7-19)24-11-10-21(29(33)34)17-25(24)31(27)18-22;5-9(7,8)6-3-1-2-4-6/h2*4-5,10-13,21,23,26H,1-3,6-9,14-20,22H2,(H,34,38);4-5,8-11,17,19,22H,1-3,6-7,12-16,18H2,(H,33,34);1-4H2,(H2,5,7,8). The number of nitrogens with one attached hydrogen (secondary N) is 2. The molecule has 0 bridgehead atoms. The Bertz CT molecular complexity index is 5850. The number of carboxylic acids is 1. The van der Waals surface area contributed by atoms with Gasteiger partial charge in [0.15, 0.2) is 0 Å². The first-order valence-corrected chi connectivity index (χ1v) is 51.9. The summed E-state index contributed by atoms with van der Waals surface area (Å²) in [5.41, 5.74) is 18.1. The van der Waals surface area contributed by atoms with Gasteiger partial charge in [0.25, 0.3) is 22.0 Å². The van der Waals surface area contributed by atoms with Crippen LogP contribution in [-0.4, -0.2) is 225 Å². The second kappa shape index (κ2) is 39.6. The molecule has 12 heterocycles. The molecule has 9 aliphatic heterocycles. The zero-order valence-electron chi connectivity index (χ0n) is 74.3. The van der Waals surface area contributed by atoms with Crippen LogP contribution in [-0.2, 0) is 98.1 Å². The number of rotatable bonds is 14. The molecule has 21 rings (SSSR count). The van der Waals surface area contributed by atoms with Crippen LogP contribution in [0.4, 0.5) is 0 Å². The Hall–Kier alpha value is -9.67. The van der Waals surface area contributed by atoms with Gasteiger partial charge in [0.2, 0.25) is 17.7 Å². The van der Waals surface area contributed by atoms with Crippen molar-refractivity contribution in [3.63, 3.8) is 0 Å². The van der Waals surface area contributed by atoms with Crippen molar-refractivity contribution in [2.45, 2.75) is 191 Å². The second-order valence-corrected chi connectivity index (χ2v) is 42.2. The van der Waals surface area contributed by atoms with Crippen molar-refractivity contribution in [3.05, 3.63) is 177 Å². The first-order chi connectivity index (χ1) is 63.0. The highest BCUT2D eigenvalue weighted by atomic mass is 32.2. The van der Waals surface area contributed by atoms with Crippen LogP contribution >= 0.6 is 0 Å². The molecule has 12 aliphatic rings. The van der Waals surface area contributed by atoms with E-state index in [-0.39, 0.29) is 35.5 Å². The minimum Gasteiger partial charge on any atom is -0.478 e. The van der Waals surface area contributed by atoms with Crippen molar-refractivity contribution in [2.24, 2.45) is 22.9 Å². The van der Waals surface area contributed by atoms with E-state index in [4.69, 9.17) is 19.3 Å². The molecular weight excluding hydrogens is 1710 g/mol. The molecule has 5 amide bonds. The molecule has 0 radical (unpaired) electrons. The smallest absolute Gasteiger partial charge is 0.335 e. The largest absolute Gasteiger partial charge is 0.478 e. The molecule has 3 aliphatic carbocycles. The van der Waals surface area contributed by atoms with E-state index in [2.05, 4.69) is 95.9 Å². The van der Waals surface area contributed by atoms with Crippen molar-refractivity contribution in [3.8, 4) is 33.8 Å². The van der Waals surface area contributed by atoms with Crippen LogP contribution in [0.5, 0.6) is 0 Å². The summed E-state index contributed by atoms with van der Waals surface area (Å²) in [6.07, 6.45) is 24.8. The maximum atomic E-state index is 13.9. The minimum absolute atomic E-state index is 0.137. The minimum atomic E-state index is -3.90. The van der Waals surface area contributed by atoms with E-state index in [1.165, 1.54) is 115 Å². The number of morpholine rings is 3. The number of benzene rings is 6. The number of hydrogen-bond acceptors (Lipinski definition) is 15. The quantitative estimate of drug-likeness (QED) is 0.0786. The van der Waals surface area contributed by atoms with Crippen molar-refractivity contribution >= 4 is 98.8 Å². The molecule has 3 atom stereocenters. The lowest BCUT2D eigenvalue weighted by Crippen LogP contribution is -2.45. The average molecular weight is 1830 g/mol. The van der Waals surface area contributed by atoms with Crippen LogP contribution in [0.15, 0.2) is 127 Å². The summed E-state index contributed by atoms with van der Waals surface area (Å²) in [7, 11) is -11.2. The van der Waals surface area contributed by atoms with E-state index in [0.29, 0.717) is 192 Å². The summed E-state index contributed by atoms with van der Waals surface area (Å²) in [4.78, 5) is 86.1. The summed E-state index contributed by atoms with van der Waals surface area (Å²) in [6, 6.07) is 42.1. The number of hydrogen-bond donors (Lipinski definition) is 4. The highest BCUT2D eigenvalue weighted by Gasteiger charge is 2.41. The van der Waals surface area contributed by atoms with Crippen molar-refractivity contribution in [1.29, 1.82) is 0 Å². The zero-order valence-corrected chi connectivity index (χ0v) is 76.8. The first kappa shape index (κ1) is 90.9. The summed E-state index contributed by atoms with van der Waals surface area (Å²) in [5.74, 6) is -1.21. The number of carboxylic acid groups (broad SMARTS) is 1. The topological polar surface area (TPSA) is 337 Å². The molecule has 3 aromatic heterocycles. The fourth-order valence-corrected chi connectivity index (χ4v) is 25.9. The number of nitrogens with zero attached hydrogens (tertiary/aromatic N) is 9. The molecule has 0 spiro atoms. The van der Waals surface area contributed by atoms with Crippen LogP contribution in [0, 0.1) is 17.8 Å². The van der Waals surface area contributed by atoms with Gasteiger partial charge in [-0.1, -0.05) is 149 Å². The molecule has 692 valence electrons. The van der Waals surface area contributed by atoms with E-state index in [1.807, 2.05) is 51.1 Å². The normalized spacial score (nSPS) is 21.6. The van der Waals surface area contributed by atoms with Crippen molar-refractivity contribution < 1.29 is 73.3 Å². The van der Waals surface area contributed by atoms with Crippen LogP contribution in [0.3, 0.4) is 0 Å². The summed E-state index contributed by atoms with van der Waals surface area (Å²) >= 11 is 0. The van der Waals surface area contributed by atoms with E-state index in [1.54, 1.807) is 18.2 Å². The number of carbonyl (C=O) groups is 6. The fraction of sp³-hybridized carbons (Fsp3) is 0.515. The lowest BCUT2D eigenvalue weighted by atomic mass is 9.81. The number of fused-ring (bicyclic) bond motifs is 15. The van der Waals surface area contributed by atoms with Crippen LogP contribution in [0.25, 0.3) is 66.5 Å². The summed E-state index contributed by atoms with van der Waals surface area (Å²) < 4.78 is 105. The Balaban J connectivity index is 0.000000125. The van der Waals surface area contributed by atoms with Gasteiger partial charge < -0.3 is 47.7 Å². The SMILES string of the molecule is NS(=O)(=O)N1CCCC1.O=C(NS(=O)(=O)N1CCCC1)c1ccc2c(C3CCCCC3)c3n(c2c1)CC(C(=O)N1CCOCC1)Cc1ccccc1-3.O=C(NS(=O)(=O)N1CCCC1)c1ccc2c(C3CCCCC3)c3n(c2c1)CC(C(=O)N1CCOCC1)Cc1ccccc1-3.O=C(O)c1ccc2c(C3CCCCC3)c3n(c2c1)CC(C(=O)N1CCOCC1)Cc1ccccc1-3. The van der Waals surface area contributed by atoms with Gasteiger partial charge >= 0.3 is 26.4 Å². The van der Waals surface area contributed by atoms with Crippen molar-refractivity contribution in [2.75, 3.05) is 118 Å². The van der Waals surface area contributed by atoms with Gasteiger partial charge in [-0.05, 0) is 184 Å². The van der Waals surface area contributed by atoms with Crippen LogP contribution in [0.1, 0.15) is 217 Å². The summed E-state index contributed by atoms with van der Waals surface area (Å²) in [5, 5.41) is 17.9. The Kier molecular flexibility index (Phi) is 27.7. The van der Waals surface area contributed by atoms with Gasteiger partial charge in [0.05, 0.1) is 80.0 Å². The molecule has 3 unspecified atom stereocenters. The molecule has 6 aromatic carbocycles. The third-order valence-electron chi connectivity index (χ3n) is 29.2. The van der Waals surface area contributed by atoms with E-state index in [0.717, 1.165) is 132 Å². The molecule has 9 fully saturated rings.